The molecule has 0 saturated heterocycles. The van der Waals surface area contributed by atoms with E-state index in [-0.39, 0.29) is 17.3 Å². The number of furan rings is 1. The van der Waals surface area contributed by atoms with E-state index >= 15 is 0 Å². The second kappa shape index (κ2) is 6.92. The summed E-state index contributed by atoms with van der Waals surface area (Å²) >= 11 is 0. The molecule has 0 aliphatic carbocycles. The lowest BCUT2D eigenvalue weighted by Crippen LogP contribution is -2.23. The van der Waals surface area contributed by atoms with Crippen LogP contribution in [0.2, 0.25) is 0 Å². The van der Waals surface area contributed by atoms with Gasteiger partial charge in [0.2, 0.25) is 11.6 Å². The van der Waals surface area contributed by atoms with Gasteiger partial charge in [0.25, 0.3) is 5.91 Å². The lowest BCUT2D eigenvalue weighted by Gasteiger charge is -2.10. The Morgan fingerprint density at radius 2 is 2.32 bits per heavy atom. The van der Waals surface area contributed by atoms with Crippen LogP contribution in [0.3, 0.4) is 0 Å². The summed E-state index contributed by atoms with van der Waals surface area (Å²) < 4.78 is 11.0. The minimum absolute atomic E-state index is 0.0349. The maximum Gasteiger partial charge on any atom is 0.293 e. The van der Waals surface area contributed by atoms with Crippen molar-refractivity contribution in [2.24, 2.45) is 5.10 Å². The van der Waals surface area contributed by atoms with Crippen molar-refractivity contribution in [3.05, 3.63) is 35.5 Å². The normalized spacial score (nSPS) is 11.5. The molecule has 3 aromatic heterocycles. The first-order chi connectivity index (χ1) is 12.1. The van der Waals surface area contributed by atoms with Gasteiger partial charge in [0.05, 0.1) is 18.2 Å². The molecule has 1 amide bonds. The summed E-state index contributed by atoms with van der Waals surface area (Å²) in [7, 11) is 3.66. The van der Waals surface area contributed by atoms with Crippen molar-refractivity contribution in [3.63, 3.8) is 0 Å². The first kappa shape index (κ1) is 16.3. The fourth-order valence-corrected chi connectivity index (χ4v) is 2.00. The standard InChI is InChI=1S/C13H15N9O3/c1-21(2)7-9-10(13(23)17-15-6-8-4-3-5-24-8)16-20-22(9)12-11(14)18-25-19-12/h3-6H,7H2,1-2H3,(H2,14,18)(H,17,23). The highest BCUT2D eigenvalue weighted by Crippen LogP contribution is 2.16. The van der Waals surface area contributed by atoms with Crippen molar-refractivity contribution < 1.29 is 13.8 Å². The Bertz CT molecular complexity index is 879. The molecule has 3 N–H and O–H groups in total. The highest BCUT2D eigenvalue weighted by molar-refractivity contribution is 5.94. The van der Waals surface area contributed by atoms with Crippen molar-refractivity contribution in [1.82, 2.24) is 35.6 Å². The molecule has 0 unspecified atom stereocenters. The molecule has 12 nitrogen and oxygen atoms in total. The maximum absolute atomic E-state index is 12.4. The molecule has 130 valence electrons. The zero-order valence-corrected chi connectivity index (χ0v) is 13.4. The van der Waals surface area contributed by atoms with Crippen molar-refractivity contribution in [2.75, 3.05) is 19.8 Å². The first-order valence-electron chi connectivity index (χ1n) is 7.11. The topological polar surface area (TPSA) is 153 Å². The summed E-state index contributed by atoms with van der Waals surface area (Å²) in [5, 5.41) is 18.8. The average molecular weight is 345 g/mol. The zero-order chi connectivity index (χ0) is 17.8. The third kappa shape index (κ3) is 3.53. The molecule has 0 atom stereocenters. The minimum Gasteiger partial charge on any atom is -0.463 e. The van der Waals surface area contributed by atoms with Crippen molar-refractivity contribution >= 4 is 17.9 Å². The van der Waals surface area contributed by atoms with Gasteiger partial charge in [0.1, 0.15) is 5.76 Å². The van der Waals surface area contributed by atoms with Gasteiger partial charge in [-0.3, -0.25) is 4.79 Å². The van der Waals surface area contributed by atoms with Gasteiger partial charge in [0, 0.05) is 6.54 Å². The third-order valence-corrected chi connectivity index (χ3v) is 3.04. The molecule has 0 fully saturated rings. The first-order valence-corrected chi connectivity index (χ1v) is 7.11. The molecule has 12 heteroatoms. The fourth-order valence-electron chi connectivity index (χ4n) is 2.00. The number of rotatable bonds is 6. The average Bonchev–Trinajstić information content (AvgIpc) is 3.28. The molecule has 3 heterocycles. The maximum atomic E-state index is 12.4. The van der Waals surface area contributed by atoms with E-state index in [1.807, 2.05) is 19.0 Å². The Labute approximate surface area is 141 Å². The summed E-state index contributed by atoms with van der Waals surface area (Å²) in [4.78, 5) is 14.2. The Kier molecular flexibility index (Phi) is 4.52. The molecule has 25 heavy (non-hydrogen) atoms. The number of hydrogen-bond donors (Lipinski definition) is 2. The number of nitrogens with one attached hydrogen (secondary N) is 1. The van der Waals surface area contributed by atoms with E-state index in [0.29, 0.717) is 18.0 Å². The molecular weight excluding hydrogens is 330 g/mol. The molecule has 0 aliphatic rings. The van der Waals surface area contributed by atoms with E-state index in [4.69, 9.17) is 10.2 Å². The van der Waals surface area contributed by atoms with Crippen LogP contribution < -0.4 is 11.2 Å². The number of nitrogens with zero attached hydrogens (tertiary/aromatic N) is 7. The highest BCUT2D eigenvalue weighted by atomic mass is 16.6. The Balaban J connectivity index is 1.86. The van der Waals surface area contributed by atoms with Crippen LogP contribution in [0.4, 0.5) is 5.82 Å². The number of nitrogen functional groups attached to an aromatic ring is 1. The van der Waals surface area contributed by atoms with E-state index in [1.165, 1.54) is 17.2 Å². The molecule has 3 rings (SSSR count). The second-order valence-electron chi connectivity index (χ2n) is 5.22. The fraction of sp³-hybridized carbons (Fsp3) is 0.231. The van der Waals surface area contributed by atoms with Crippen LogP contribution in [-0.4, -0.2) is 56.4 Å². The summed E-state index contributed by atoms with van der Waals surface area (Å²) in [6, 6.07) is 3.41. The Morgan fingerprint density at radius 1 is 1.48 bits per heavy atom. The van der Waals surface area contributed by atoms with Crippen LogP contribution in [0.25, 0.3) is 5.82 Å². The van der Waals surface area contributed by atoms with E-state index in [9.17, 15) is 4.79 Å². The van der Waals surface area contributed by atoms with E-state index < -0.39 is 5.91 Å². The lowest BCUT2D eigenvalue weighted by molar-refractivity contribution is 0.0948. The summed E-state index contributed by atoms with van der Waals surface area (Å²) in [5.74, 6) is 0.148. The second-order valence-corrected chi connectivity index (χ2v) is 5.22. The SMILES string of the molecule is CN(C)Cc1c(C(=O)NN=Cc2ccco2)nnn1-c1nonc1N. The smallest absolute Gasteiger partial charge is 0.293 e. The van der Waals surface area contributed by atoms with Gasteiger partial charge in [-0.1, -0.05) is 5.21 Å². The molecule has 0 saturated carbocycles. The number of anilines is 1. The molecule has 0 radical (unpaired) electrons. The largest absolute Gasteiger partial charge is 0.463 e. The molecular formula is C13H15N9O3. The van der Waals surface area contributed by atoms with Crippen LogP contribution in [0.5, 0.6) is 0 Å². The van der Waals surface area contributed by atoms with E-state index in [2.05, 4.69) is 35.8 Å². The van der Waals surface area contributed by atoms with Crippen LogP contribution >= 0.6 is 0 Å². The predicted octanol–water partition coefficient (Wildman–Crippen LogP) is -0.349. The van der Waals surface area contributed by atoms with Gasteiger partial charge in [-0.05, 0) is 36.5 Å². The number of aromatic nitrogens is 5. The monoisotopic (exact) mass is 345 g/mol. The van der Waals surface area contributed by atoms with Crippen LogP contribution in [0, 0.1) is 0 Å². The number of amides is 1. The number of carbonyl (C=O) groups excluding carboxylic acids is 1. The molecule has 0 spiro atoms. The van der Waals surface area contributed by atoms with Gasteiger partial charge in [0.15, 0.2) is 5.69 Å². The van der Waals surface area contributed by atoms with Crippen molar-refractivity contribution in [1.29, 1.82) is 0 Å². The number of nitrogens with two attached hydrogens (primary N) is 1. The molecule has 0 bridgehead atoms. The Morgan fingerprint density at radius 3 is 2.96 bits per heavy atom. The van der Waals surface area contributed by atoms with Crippen molar-refractivity contribution in [3.8, 4) is 5.82 Å². The van der Waals surface area contributed by atoms with Gasteiger partial charge >= 0.3 is 0 Å². The summed E-state index contributed by atoms with van der Waals surface area (Å²) in [6.45, 7) is 0.351. The van der Waals surface area contributed by atoms with Gasteiger partial charge < -0.3 is 15.1 Å². The predicted molar refractivity (Wildman–Crippen MR) is 84.8 cm³/mol. The van der Waals surface area contributed by atoms with E-state index in [0.717, 1.165) is 0 Å². The Hall–Kier alpha value is -3.54. The summed E-state index contributed by atoms with van der Waals surface area (Å²) in [6.07, 6.45) is 2.87. The zero-order valence-electron chi connectivity index (χ0n) is 13.4. The van der Waals surface area contributed by atoms with E-state index in [1.54, 1.807) is 12.1 Å². The van der Waals surface area contributed by atoms with Gasteiger partial charge in [-0.2, -0.15) is 9.78 Å². The highest BCUT2D eigenvalue weighted by Gasteiger charge is 2.24. The molecule has 0 aliphatic heterocycles. The van der Waals surface area contributed by atoms with Gasteiger partial charge in [-0.25, -0.2) is 10.1 Å². The number of carbonyl (C=O) groups is 1. The molecule has 3 aromatic rings. The number of hydrazone groups is 1. The van der Waals surface area contributed by atoms with Crippen LogP contribution in [0.15, 0.2) is 32.5 Å². The molecule has 0 aromatic carbocycles. The lowest BCUT2D eigenvalue weighted by atomic mass is 10.3. The third-order valence-electron chi connectivity index (χ3n) is 3.04. The van der Waals surface area contributed by atoms with Gasteiger partial charge in [-0.15, -0.1) is 5.10 Å². The summed E-state index contributed by atoms with van der Waals surface area (Å²) in [5.41, 5.74) is 8.59. The van der Waals surface area contributed by atoms with Crippen LogP contribution in [-0.2, 0) is 6.54 Å². The minimum atomic E-state index is -0.541. The number of hydrogen-bond acceptors (Lipinski definition) is 10. The van der Waals surface area contributed by atoms with Crippen LogP contribution in [0.1, 0.15) is 21.9 Å². The quantitative estimate of drug-likeness (QED) is 0.450. The van der Waals surface area contributed by atoms with Crippen molar-refractivity contribution in [2.45, 2.75) is 6.54 Å².